The highest BCUT2D eigenvalue weighted by Crippen LogP contribution is 2.34. The minimum Gasteiger partial charge on any atom is -0.256 e. The van der Waals surface area contributed by atoms with Gasteiger partial charge in [0.15, 0.2) is 0 Å². The number of rotatable bonds is 1. The van der Waals surface area contributed by atoms with Crippen molar-refractivity contribution in [2.75, 3.05) is 0 Å². The molecule has 0 bridgehead atoms. The maximum Gasteiger partial charge on any atom is 0.0702 e. The Morgan fingerprint density at radius 1 is 1.19 bits per heavy atom. The van der Waals surface area contributed by atoms with Gasteiger partial charge < -0.3 is 0 Å². The third-order valence-corrected chi connectivity index (χ3v) is 3.48. The van der Waals surface area contributed by atoms with Gasteiger partial charge in [-0.25, -0.2) is 0 Å². The van der Waals surface area contributed by atoms with Crippen LogP contribution in [0.3, 0.4) is 0 Å². The summed E-state index contributed by atoms with van der Waals surface area (Å²) in [4.78, 5) is 4.39. The van der Waals surface area contributed by atoms with Gasteiger partial charge in [0.05, 0.1) is 5.69 Å². The van der Waals surface area contributed by atoms with E-state index in [2.05, 4.69) is 36.2 Å². The van der Waals surface area contributed by atoms with E-state index in [0.717, 1.165) is 11.6 Å². The van der Waals surface area contributed by atoms with E-state index in [1.165, 1.54) is 29.5 Å². The molecule has 0 radical (unpaired) electrons. The molecule has 0 aliphatic heterocycles. The van der Waals surface area contributed by atoms with Crippen molar-refractivity contribution in [1.82, 2.24) is 4.98 Å². The molecule has 1 aliphatic carbocycles. The standard InChI is InChI=1S/C15H15N/c1-11-5-6-12-10-13(7-8-14(11)12)15-4-2-3-9-16-15/h2-4,7-11H,5-6H2,1H3. The number of hydrogen-bond donors (Lipinski definition) is 0. The second kappa shape index (κ2) is 3.75. The number of benzene rings is 1. The average Bonchev–Trinajstić information content (AvgIpc) is 2.72. The summed E-state index contributed by atoms with van der Waals surface area (Å²) in [6, 6.07) is 12.8. The molecule has 1 nitrogen and oxygen atoms in total. The highest BCUT2D eigenvalue weighted by atomic mass is 14.7. The van der Waals surface area contributed by atoms with Crippen LogP contribution in [0.5, 0.6) is 0 Å². The number of pyridine rings is 1. The Hall–Kier alpha value is -1.63. The molecule has 0 spiro atoms. The summed E-state index contributed by atoms with van der Waals surface area (Å²) < 4.78 is 0. The van der Waals surface area contributed by atoms with Crippen molar-refractivity contribution in [2.24, 2.45) is 0 Å². The van der Waals surface area contributed by atoms with Gasteiger partial charge >= 0.3 is 0 Å². The lowest BCUT2D eigenvalue weighted by Crippen LogP contribution is -1.88. The van der Waals surface area contributed by atoms with E-state index in [1.807, 2.05) is 18.3 Å². The molecule has 1 aromatic heterocycles. The molecule has 0 N–H and O–H groups in total. The lowest BCUT2D eigenvalue weighted by atomic mass is 10.0. The Morgan fingerprint density at radius 3 is 2.94 bits per heavy atom. The minimum atomic E-state index is 0.729. The van der Waals surface area contributed by atoms with E-state index >= 15 is 0 Å². The minimum absolute atomic E-state index is 0.729. The SMILES string of the molecule is CC1CCc2cc(-c3ccccn3)ccc21. The van der Waals surface area contributed by atoms with Crippen molar-refractivity contribution >= 4 is 0 Å². The fourth-order valence-electron chi connectivity index (χ4n) is 2.52. The van der Waals surface area contributed by atoms with Gasteiger partial charge in [0.1, 0.15) is 0 Å². The summed E-state index contributed by atoms with van der Waals surface area (Å²) in [6.07, 6.45) is 4.36. The lowest BCUT2D eigenvalue weighted by Gasteiger charge is -2.06. The van der Waals surface area contributed by atoms with E-state index in [4.69, 9.17) is 0 Å². The van der Waals surface area contributed by atoms with Gasteiger partial charge in [0.2, 0.25) is 0 Å². The molecule has 0 saturated carbocycles. The first kappa shape index (κ1) is 9.59. The summed E-state index contributed by atoms with van der Waals surface area (Å²) in [5, 5.41) is 0. The number of aryl methyl sites for hydroxylation is 1. The maximum absolute atomic E-state index is 4.39. The van der Waals surface area contributed by atoms with Gasteiger partial charge in [-0.2, -0.15) is 0 Å². The number of aromatic nitrogens is 1. The third kappa shape index (κ3) is 1.53. The quantitative estimate of drug-likeness (QED) is 0.696. The predicted molar refractivity (Wildman–Crippen MR) is 66.4 cm³/mol. The van der Waals surface area contributed by atoms with Crippen LogP contribution in [0.2, 0.25) is 0 Å². The molecule has 80 valence electrons. The molecule has 1 atom stereocenters. The molecule has 0 saturated heterocycles. The first-order chi connectivity index (χ1) is 7.84. The fraction of sp³-hybridized carbons (Fsp3) is 0.267. The molecule has 2 aromatic rings. The van der Waals surface area contributed by atoms with Gasteiger partial charge in [-0.05, 0) is 48.1 Å². The van der Waals surface area contributed by atoms with Crippen LogP contribution in [0.25, 0.3) is 11.3 Å². The van der Waals surface area contributed by atoms with E-state index in [1.54, 1.807) is 0 Å². The largest absolute Gasteiger partial charge is 0.256 e. The van der Waals surface area contributed by atoms with Gasteiger partial charge in [-0.3, -0.25) is 4.98 Å². The van der Waals surface area contributed by atoms with Crippen molar-refractivity contribution < 1.29 is 0 Å². The second-order valence-electron chi connectivity index (χ2n) is 4.57. The third-order valence-electron chi connectivity index (χ3n) is 3.48. The van der Waals surface area contributed by atoms with Gasteiger partial charge in [-0.15, -0.1) is 0 Å². The summed E-state index contributed by atoms with van der Waals surface area (Å²) in [6.45, 7) is 2.31. The first-order valence-corrected chi connectivity index (χ1v) is 5.89. The molecule has 1 heteroatoms. The molecule has 0 fully saturated rings. The van der Waals surface area contributed by atoms with E-state index in [9.17, 15) is 0 Å². The zero-order valence-electron chi connectivity index (χ0n) is 9.48. The first-order valence-electron chi connectivity index (χ1n) is 5.89. The Balaban J connectivity index is 2.06. The van der Waals surface area contributed by atoms with Gasteiger partial charge in [-0.1, -0.05) is 25.1 Å². The smallest absolute Gasteiger partial charge is 0.0702 e. The molecule has 1 heterocycles. The number of hydrogen-bond acceptors (Lipinski definition) is 1. The van der Waals surface area contributed by atoms with Crippen molar-refractivity contribution in [3.05, 3.63) is 53.7 Å². The Morgan fingerprint density at radius 2 is 2.12 bits per heavy atom. The summed E-state index contributed by atoms with van der Waals surface area (Å²) >= 11 is 0. The van der Waals surface area contributed by atoms with Crippen LogP contribution in [-0.4, -0.2) is 4.98 Å². The molecule has 0 amide bonds. The Kier molecular flexibility index (Phi) is 2.24. The highest BCUT2D eigenvalue weighted by Gasteiger charge is 2.18. The van der Waals surface area contributed by atoms with Gasteiger partial charge in [0.25, 0.3) is 0 Å². The highest BCUT2D eigenvalue weighted by molar-refractivity contribution is 5.61. The van der Waals surface area contributed by atoms with Crippen LogP contribution in [0.4, 0.5) is 0 Å². The monoisotopic (exact) mass is 209 g/mol. The van der Waals surface area contributed by atoms with Crippen LogP contribution in [0.15, 0.2) is 42.6 Å². The fourth-order valence-corrected chi connectivity index (χ4v) is 2.52. The topological polar surface area (TPSA) is 12.9 Å². The molecular formula is C15H15N. The van der Waals surface area contributed by atoms with Crippen LogP contribution in [0, 0.1) is 0 Å². The van der Waals surface area contributed by atoms with Crippen molar-refractivity contribution in [3.63, 3.8) is 0 Å². The zero-order chi connectivity index (χ0) is 11.0. The zero-order valence-corrected chi connectivity index (χ0v) is 9.48. The number of fused-ring (bicyclic) bond motifs is 1. The van der Waals surface area contributed by atoms with Crippen molar-refractivity contribution in [1.29, 1.82) is 0 Å². The van der Waals surface area contributed by atoms with E-state index in [-0.39, 0.29) is 0 Å². The molecule has 16 heavy (non-hydrogen) atoms. The van der Waals surface area contributed by atoms with Crippen LogP contribution >= 0.6 is 0 Å². The maximum atomic E-state index is 4.39. The lowest BCUT2D eigenvalue weighted by molar-refractivity contribution is 0.747. The molecule has 1 aliphatic rings. The summed E-state index contributed by atoms with van der Waals surface area (Å²) in [7, 11) is 0. The average molecular weight is 209 g/mol. The normalized spacial score (nSPS) is 18.4. The predicted octanol–water partition coefficient (Wildman–Crippen LogP) is 3.80. The van der Waals surface area contributed by atoms with Crippen LogP contribution in [0.1, 0.15) is 30.4 Å². The van der Waals surface area contributed by atoms with Crippen molar-refractivity contribution in [2.45, 2.75) is 25.7 Å². The van der Waals surface area contributed by atoms with Crippen LogP contribution in [-0.2, 0) is 6.42 Å². The molecular weight excluding hydrogens is 194 g/mol. The Labute approximate surface area is 96.2 Å². The Bertz CT molecular complexity index is 502. The second-order valence-corrected chi connectivity index (χ2v) is 4.57. The van der Waals surface area contributed by atoms with Gasteiger partial charge in [0, 0.05) is 11.8 Å². The summed E-state index contributed by atoms with van der Waals surface area (Å²) in [5.41, 5.74) is 5.36. The molecule has 1 aromatic carbocycles. The van der Waals surface area contributed by atoms with Crippen LogP contribution < -0.4 is 0 Å². The van der Waals surface area contributed by atoms with E-state index < -0.39 is 0 Å². The molecule has 1 unspecified atom stereocenters. The number of nitrogens with zero attached hydrogens (tertiary/aromatic N) is 1. The van der Waals surface area contributed by atoms with Crippen molar-refractivity contribution in [3.8, 4) is 11.3 Å². The summed E-state index contributed by atoms with van der Waals surface area (Å²) in [5.74, 6) is 0.729. The molecule has 3 rings (SSSR count). The van der Waals surface area contributed by atoms with E-state index in [0.29, 0.717) is 0 Å².